The van der Waals surface area contributed by atoms with Gasteiger partial charge in [0, 0.05) is 16.5 Å². The van der Waals surface area contributed by atoms with Gasteiger partial charge in [-0.15, -0.1) is 0 Å². The zero-order valence-corrected chi connectivity index (χ0v) is 23.0. The van der Waals surface area contributed by atoms with Crippen molar-refractivity contribution in [3.05, 3.63) is 56.9 Å². The number of carbonyl (C=O) groups excluding carboxylic acids is 3. The molecule has 11 heteroatoms. The van der Waals surface area contributed by atoms with E-state index in [1.165, 1.54) is 6.92 Å². The molecule has 2 aliphatic rings. The van der Waals surface area contributed by atoms with Crippen molar-refractivity contribution in [2.75, 3.05) is 13.2 Å². The highest BCUT2D eigenvalue weighted by atomic mass is 16.6. The first-order valence-corrected chi connectivity index (χ1v) is 12.9. The smallest absolute Gasteiger partial charge is 0.355 e. The molecule has 0 saturated heterocycles. The molecule has 2 aliphatic heterocycles. The highest BCUT2D eigenvalue weighted by Crippen LogP contribution is 2.41. The SMILES string of the molecule is CCc1c2c(nc3ccc(O)cc13)-c1cc3c(c(=O)n1C2)COC(=O)[C@@]3(C)OC(=O)COCC(=O)OC(C)(C)C. The zero-order valence-electron chi connectivity index (χ0n) is 23.0. The van der Waals surface area contributed by atoms with Crippen LogP contribution in [0.2, 0.25) is 0 Å². The number of ether oxygens (including phenoxy) is 4. The normalized spacial score (nSPS) is 17.6. The van der Waals surface area contributed by atoms with E-state index in [1.54, 1.807) is 49.6 Å². The van der Waals surface area contributed by atoms with E-state index >= 15 is 0 Å². The minimum absolute atomic E-state index is 0.121. The van der Waals surface area contributed by atoms with Crippen LogP contribution in [0.1, 0.15) is 56.9 Å². The highest BCUT2D eigenvalue weighted by Gasteiger charge is 2.48. The first-order valence-electron chi connectivity index (χ1n) is 12.9. The Morgan fingerprint density at radius 2 is 1.85 bits per heavy atom. The Hall–Kier alpha value is -4.25. The number of esters is 3. The van der Waals surface area contributed by atoms with Crippen LogP contribution in [0.5, 0.6) is 5.75 Å². The van der Waals surface area contributed by atoms with Crippen LogP contribution in [0.3, 0.4) is 0 Å². The van der Waals surface area contributed by atoms with Crippen LogP contribution in [-0.2, 0) is 58.5 Å². The second-order valence-corrected chi connectivity index (χ2v) is 10.9. The summed E-state index contributed by atoms with van der Waals surface area (Å²) in [5.74, 6) is -2.29. The molecule has 3 aromatic rings. The third kappa shape index (κ3) is 4.70. The average molecular weight is 551 g/mol. The third-order valence-corrected chi connectivity index (χ3v) is 6.93. The second kappa shape index (κ2) is 9.74. The quantitative estimate of drug-likeness (QED) is 0.281. The second-order valence-electron chi connectivity index (χ2n) is 10.9. The van der Waals surface area contributed by atoms with Gasteiger partial charge in [0.1, 0.15) is 31.2 Å². The van der Waals surface area contributed by atoms with Crippen molar-refractivity contribution in [3.8, 4) is 17.1 Å². The van der Waals surface area contributed by atoms with E-state index in [-0.39, 0.29) is 35.6 Å². The summed E-state index contributed by atoms with van der Waals surface area (Å²) in [6, 6.07) is 6.57. The number of benzene rings is 1. The molecule has 0 aliphatic carbocycles. The van der Waals surface area contributed by atoms with Gasteiger partial charge in [0.15, 0.2) is 0 Å². The largest absolute Gasteiger partial charge is 0.508 e. The number of aromatic nitrogens is 2. The van der Waals surface area contributed by atoms with E-state index in [9.17, 15) is 24.3 Å². The molecule has 0 bridgehead atoms. The van der Waals surface area contributed by atoms with Gasteiger partial charge in [-0.1, -0.05) is 6.92 Å². The number of aryl methyl sites for hydroxylation is 1. The van der Waals surface area contributed by atoms with Gasteiger partial charge in [0.2, 0.25) is 5.60 Å². The maximum Gasteiger partial charge on any atom is 0.355 e. The number of aromatic hydroxyl groups is 1. The molecule has 0 fully saturated rings. The standard InChI is InChI=1S/C29H30N2O9/c1-6-16-17-9-15(32)7-8-21(17)30-25-18(16)11-31-22(25)10-20-19(26(31)35)12-38-27(36)29(20,5)40-24(34)14-37-13-23(33)39-28(2,3)4/h7-10,32H,6,11-14H2,1-5H3/t29-/m0/s1. The summed E-state index contributed by atoms with van der Waals surface area (Å²) in [7, 11) is 0. The number of pyridine rings is 2. The molecule has 0 saturated carbocycles. The minimum atomic E-state index is -1.92. The van der Waals surface area contributed by atoms with Gasteiger partial charge in [-0.05, 0) is 63.9 Å². The number of hydrogen-bond donors (Lipinski definition) is 1. The maximum absolute atomic E-state index is 13.6. The molecule has 210 valence electrons. The monoisotopic (exact) mass is 550 g/mol. The van der Waals surface area contributed by atoms with E-state index in [0.29, 0.717) is 23.3 Å². The van der Waals surface area contributed by atoms with Gasteiger partial charge >= 0.3 is 17.9 Å². The summed E-state index contributed by atoms with van der Waals surface area (Å²) >= 11 is 0. The van der Waals surface area contributed by atoms with Crippen LogP contribution in [0.15, 0.2) is 29.1 Å². The molecule has 0 unspecified atom stereocenters. The van der Waals surface area contributed by atoms with Crippen molar-refractivity contribution in [2.24, 2.45) is 0 Å². The topological polar surface area (TPSA) is 143 Å². The van der Waals surface area contributed by atoms with E-state index in [2.05, 4.69) is 0 Å². The molecule has 4 heterocycles. The summed E-state index contributed by atoms with van der Waals surface area (Å²) in [5, 5.41) is 10.8. The lowest BCUT2D eigenvalue weighted by atomic mass is 9.89. The number of hydrogen-bond acceptors (Lipinski definition) is 10. The minimum Gasteiger partial charge on any atom is -0.508 e. The van der Waals surface area contributed by atoms with Crippen LogP contribution in [0.25, 0.3) is 22.3 Å². The Balaban J connectivity index is 1.49. The number of phenolic OH excluding ortho intramolecular Hbond substituents is 1. The Morgan fingerprint density at radius 3 is 2.55 bits per heavy atom. The van der Waals surface area contributed by atoms with Crippen molar-refractivity contribution in [3.63, 3.8) is 0 Å². The molecule has 11 nitrogen and oxygen atoms in total. The van der Waals surface area contributed by atoms with Crippen LogP contribution in [-0.4, -0.2) is 51.4 Å². The number of rotatable bonds is 6. The summed E-state index contributed by atoms with van der Waals surface area (Å²) in [6.45, 7) is 7.36. The van der Waals surface area contributed by atoms with Crippen LogP contribution >= 0.6 is 0 Å². The fourth-order valence-corrected chi connectivity index (χ4v) is 5.24. The Morgan fingerprint density at radius 1 is 1.12 bits per heavy atom. The fourth-order valence-electron chi connectivity index (χ4n) is 5.24. The summed E-state index contributed by atoms with van der Waals surface area (Å²) in [6.07, 6.45) is 0.646. The van der Waals surface area contributed by atoms with Crippen molar-refractivity contribution >= 4 is 28.8 Å². The molecule has 40 heavy (non-hydrogen) atoms. The molecule has 0 spiro atoms. The van der Waals surface area contributed by atoms with Crippen molar-refractivity contribution < 1.29 is 38.4 Å². The van der Waals surface area contributed by atoms with Crippen molar-refractivity contribution in [1.29, 1.82) is 0 Å². The van der Waals surface area contributed by atoms with E-state index in [4.69, 9.17) is 23.9 Å². The van der Waals surface area contributed by atoms with E-state index in [0.717, 1.165) is 16.5 Å². The molecule has 5 rings (SSSR count). The lowest BCUT2D eigenvalue weighted by Gasteiger charge is -2.33. The van der Waals surface area contributed by atoms with Crippen LogP contribution in [0.4, 0.5) is 0 Å². The number of cyclic esters (lactones) is 1. The zero-order chi connectivity index (χ0) is 29.0. The van der Waals surface area contributed by atoms with Crippen LogP contribution < -0.4 is 5.56 Å². The third-order valence-electron chi connectivity index (χ3n) is 6.93. The Labute approximate surface area is 229 Å². The van der Waals surface area contributed by atoms with Crippen molar-refractivity contribution in [2.45, 2.75) is 65.4 Å². The Kier molecular flexibility index (Phi) is 6.65. The lowest BCUT2D eigenvalue weighted by molar-refractivity contribution is -0.189. The summed E-state index contributed by atoms with van der Waals surface area (Å²) < 4.78 is 22.7. The molecule has 0 radical (unpaired) electrons. The predicted octanol–water partition coefficient (Wildman–Crippen LogP) is 2.87. The number of carbonyl (C=O) groups is 3. The maximum atomic E-state index is 13.6. The molecular formula is C29H30N2O9. The molecule has 0 amide bonds. The van der Waals surface area contributed by atoms with Gasteiger partial charge in [0.05, 0.1) is 29.0 Å². The fraction of sp³-hybridized carbons (Fsp3) is 0.414. The predicted molar refractivity (Wildman–Crippen MR) is 141 cm³/mol. The van der Waals surface area contributed by atoms with Gasteiger partial charge in [0.25, 0.3) is 5.56 Å². The number of nitrogens with zero attached hydrogens (tertiary/aromatic N) is 2. The summed E-state index contributed by atoms with van der Waals surface area (Å²) in [4.78, 5) is 56.0. The van der Waals surface area contributed by atoms with Gasteiger partial charge in [-0.2, -0.15) is 0 Å². The number of fused-ring (bicyclic) bond motifs is 5. The number of phenols is 1. The Bertz CT molecular complexity index is 1630. The van der Waals surface area contributed by atoms with Crippen molar-refractivity contribution in [1.82, 2.24) is 9.55 Å². The first-order chi connectivity index (χ1) is 18.8. The molecule has 2 aromatic heterocycles. The molecular weight excluding hydrogens is 520 g/mol. The molecule has 1 N–H and O–H groups in total. The van der Waals surface area contributed by atoms with Gasteiger partial charge in [-0.3, -0.25) is 4.79 Å². The highest BCUT2D eigenvalue weighted by molar-refractivity contribution is 5.90. The molecule has 1 atom stereocenters. The first kappa shape index (κ1) is 27.3. The van der Waals surface area contributed by atoms with E-state index < -0.39 is 42.3 Å². The van der Waals surface area contributed by atoms with Gasteiger partial charge in [-0.25, -0.2) is 19.4 Å². The van der Waals surface area contributed by atoms with Gasteiger partial charge < -0.3 is 28.6 Å². The lowest BCUT2D eigenvalue weighted by Crippen LogP contribution is -2.46. The average Bonchev–Trinajstić information content (AvgIpc) is 3.23. The molecule has 1 aromatic carbocycles. The summed E-state index contributed by atoms with van der Waals surface area (Å²) in [5.41, 5.74) is 0.927. The van der Waals surface area contributed by atoms with Crippen LogP contribution in [0, 0.1) is 0 Å². The van der Waals surface area contributed by atoms with E-state index in [1.807, 2.05) is 6.92 Å².